The van der Waals surface area contributed by atoms with Crippen LogP contribution in [-0.4, -0.2) is 37.3 Å². The van der Waals surface area contributed by atoms with Gasteiger partial charge in [0.15, 0.2) is 16.3 Å². The molecule has 0 aliphatic carbocycles. The number of hydrogen-bond donors (Lipinski definition) is 0. The second-order valence-corrected chi connectivity index (χ2v) is 11.5. The second kappa shape index (κ2) is 11.8. The number of thiazole rings is 1. The lowest BCUT2D eigenvalue weighted by Gasteiger charge is -2.25. The van der Waals surface area contributed by atoms with E-state index in [4.69, 9.17) is 25.8 Å². The molecule has 3 aromatic carbocycles. The Bertz CT molecular complexity index is 2050. The summed E-state index contributed by atoms with van der Waals surface area (Å²) in [6.07, 6.45) is 0. The number of halogens is 1. The second-order valence-electron chi connectivity index (χ2n) is 10.1. The molecule has 0 unspecified atom stereocenters. The van der Waals surface area contributed by atoms with Crippen LogP contribution in [0.25, 0.3) is 5.57 Å². The van der Waals surface area contributed by atoms with Gasteiger partial charge in [-0.05, 0) is 49.2 Å². The average molecular weight is 630 g/mol. The first-order valence-electron chi connectivity index (χ1n) is 13.9. The van der Waals surface area contributed by atoms with Crippen molar-refractivity contribution < 1.29 is 23.8 Å². The van der Waals surface area contributed by atoms with Gasteiger partial charge in [-0.1, -0.05) is 65.4 Å². The number of benzene rings is 3. The van der Waals surface area contributed by atoms with Crippen molar-refractivity contribution in [2.75, 3.05) is 25.7 Å². The topological polar surface area (TPSA) is 99.4 Å². The number of hydrogen-bond acceptors (Lipinski definition) is 8. The molecule has 224 valence electrons. The zero-order chi connectivity index (χ0) is 31.1. The smallest absolute Gasteiger partial charge is 0.338 e. The minimum absolute atomic E-state index is 0.148. The third kappa shape index (κ3) is 4.80. The van der Waals surface area contributed by atoms with Crippen molar-refractivity contribution >= 4 is 46.1 Å². The predicted octanol–water partition coefficient (Wildman–Crippen LogP) is 4.39. The fraction of sp³-hybridized carbons (Fsp3) is 0.212. The molecule has 1 atom stereocenters. The molecule has 44 heavy (non-hydrogen) atoms. The molecule has 0 saturated heterocycles. The lowest BCUT2D eigenvalue weighted by Crippen LogP contribution is -2.41. The lowest BCUT2D eigenvalue weighted by molar-refractivity contribution is -0.139. The first-order chi connectivity index (χ1) is 21.3. The number of aromatic nitrogens is 1. The summed E-state index contributed by atoms with van der Waals surface area (Å²) in [4.78, 5) is 48.6. The Kier molecular flexibility index (Phi) is 7.87. The van der Waals surface area contributed by atoms with Gasteiger partial charge in [0, 0.05) is 10.6 Å². The molecule has 0 fully saturated rings. The van der Waals surface area contributed by atoms with Crippen molar-refractivity contribution in [3.63, 3.8) is 0 Å². The van der Waals surface area contributed by atoms with Crippen LogP contribution in [0.1, 0.15) is 36.6 Å². The summed E-state index contributed by atoms with van der Waals surface area (Å²) < 4.78 is 18.0. The predicted molar refractivity (Wildman–Crippen MR) is 168 cm³/mol. The highest BCUT2D eigenvalue weighted by molar-refractivity contribution is 7.07. The number of methoxy groups -OCH3 is 2. The van der Waals surface area contributed by atoms with Crippen LogP contribution in [0.3, 0.4) is 0 Å². The van der Waals surface area contributed by atoms with Crippen molar-refractivity contribution in [2.24, 2.45) is 4.99 Å². The summed E-state index contributed by atoms with van der Waals surface area (Å²) in [6.45, 7) is 3.81. The Morgan fingerprint density at radius 1 is 1.00 bits per heavy atom. The van der Waals surface area contributed by atoms with E-state index in [1.807, 2.05) is 42.5 Å². The largest absolute Gasteiger partial charge is 0.493 e. The molecular weight excluding hydrogens is 602 g/mol. The molecule has 1 amide bonds. The molecule has 0 N–H and O–H groups in total. The highest BCUT2D eigenvalue weighted by Crippen LogP contribution is 2.38. The molecule has 2 aliphatic heterocycles. The molecule has 11 heteroatoms. The van der Waals surface area contributed by atoms with E-state index < -0.39 is 17.6 Å². The van der Waals surface area contributed by atoms with E-state index in [1.54, 1.807) is 43.0 Å². The fourth-order valence-electron chi connectivity index (χ4n) is 5.63. The van der Waals surface area contributed by atoms with Gasteiger partial charge < -0.3 is 19.1 Å². The number of fused-ring (bicyclic) bond motifs is 2. The minimum Gasteiger partial charge on any atom is -0.493 e. The fourth-order valence-corrected chi connectivity index (χ4v) is 6.97. The van der Waals surface area contributed by atoms with E-state index in [9.17, 15) is 14.4 Å². The van der Waals surface area contributed by atoms with Gasteiger partial charge in [-0.25, -0.2) is 9.79 Å². The number of amides is 1. The number of nitrogens with zero attached hydrogens (tertiary/aromatic N) is 3. The van der Waals surface area contributed by atoms with Crippen LogP contribution in [0.2, 0.25) is 5.02 Å². The molecule has 0 spiro atoms. The summed E-state index contributed by atoms with van der Waals surface area (Å²) >= 11 is 7.56. The molecule has 1 aromatic heterocycles. The number of ether oxygens (including phenoxy) is 3. The maximum Gasteiger partial charge on any atom is 0.338 e. The highest BCUT2D eigenvalue weighted by atomic mass is 35.5. The number of allylic oxidation sites excluding steroid dienone is 1. The van der Waals surface area contributed by atoms with E-state index in [0.717, 1.165) is 16.9 Å². The van der Waals surface area contributed by atoms with Crippen molar-refractivity contribution in [1.29, 1.82) is 0 Å². The summed E-state index contributed by atoms with van der Waals surface area (Å²) in [5.74, 6) is 0.0269. The summed E-state index contributed by atoms with van der Waals surface area (Å²) in [5, 5.41) is 0.544. The number of anilines is 1. The van der Waals surface area contributed by atoms with Gasteiger partial charge in [-0.3, -0.25) is 14.2 Å². The lowest BCUT2D eigenvalue weighted by atomic mass is 9.95. The van der Waals surface area contributed by atoms with Gasteiger partial charge in [-0.15, -0.1) is 0 Å². The van der Waals surface area contributed by atoms with E-state index in [-0.39, 0.29) is 34.7 Å². The van der Waals surface area contributed by atoms with E-state index in [1.165, 1.54) is 18.8 Å². The van der Waals surface area contributed by atoms with Crippen molar-refractivity contribution in [3.8, 4) is 11.5 Å². The number of para-hydroxylation sites is 1. The Morgan fingerprint density at radius 2 is 1.73 bits per heavy atom. The molecule has 3 heterocycles. The van der Waals surface area contributed by atoms with E-state index in [0.29, 0.717) is 43.8 Å². The van der Waals surface area contributed by atoms with E-state index in [2.05, 4.69) is 4.99 Å². The van der Waals surface area contributed by atoms with Crippen LogP contribution in [0.5, 0.6) is 11.5 Å². The Balaban J connectivity index is 1.59. The first kappa shape index (κ1) is 29.4. The van der Waals surface area contributed by atoms with Gasteiger partial charge >= 0.3 is 5.97 Å². The molecular formula is C33H28ClN3O6S. The first-order valence-corrected chi connectivity index (χ1v) is 15.1. The van der Waals surface area contributed by atoms with E-state index >= 15 is 0 Å². The maximum atomic E-state index is 14.4. The number of esters is 1. The monoisotopic (exact) mass is 629 g/mol. The molecule has 2 aliphatic rings. The van der Waals surface area contributed by atoms with Crippen LogP contribution in [0, 0.1) is 0 Å². The van der Waals surface area contributed by atoms with Crippen LogP contribution in [-0.2, 0) is 20.9 Å². The van der Waals surface area contributed by atoms with Crippen molar-refractivity contribution in [1.82, 2.24) is 4.57 Å². The van der Waals surface area contributed by atoms with Crippen LogP contribution >= 0.6 is 22.9 Å². The van der Waals surface area contributed by atoms with Gasteiger partial charge in [0.2, 0.25) is 0 Å². The van der Waals surface area contributed by atoms with Crippen LogP contribution in [0.15, 0.2) is 87.8 Å². The van der Waals surface area contributed by atoms with Crippen LogP contribution in [0.4, 0.5) is 5.69 Å². The number of carbonyl (C=O) groups is 2. The molecule has 0 saturated carbocycles. The highest BCUT2D eigenvalue weighted by Gasteiger charge is 2.37. The van der Waals surface area contributed by atoms with Crippen LogP contribution < -0.4 is 29.3 Å². The minimum atomic E-state index is -0.884. The normalized spacial score (nSPS) is 16.8. The summed E-state index contributed by atoms with van der Waals surface area (Å²) in [5.41, 5.74) is 3.17. The maximum absolute atomic E-state index is 14.4. The Morgan fingerprint density at radius 3 is 2.45 bits per heavy atom. The summed E-state index contributed by atoms with van der Waals surface area (Å²) in [6, 6.07) is 19.0. The Hall–Kier alpha value is -4.67. The van der Waals surface area contributed by atoms with Crippen molar-refractivity contribution in [2.45, 2.75) is 26.4 Å². The van der Waals surface area contributed by atoms with Gasteiger partial charge in [0.25, 0.3) is 11.5 Å². The zero-order valence-electron chi connectivity index (χ0n) is 24.4. The van der Waals surface area contributed by atoms with Crippen molar-refractivity contribution in [3.05, 3.63) is 119 Å². The molecule has 0 radical (unpaired) electrons. The van der Waals surface area contributed by atoms with Gasteiger partial charge in [0.1, 0.15) is 4.53 Å². The van der Waals surface area contributed by atoms with Gasteiger partial charge in [0.05, 0.1) is 55.9 Å². The van der Waals surface area contributed by atoms with Gasteiger partial charge in [-0.2, -0.15) is 0 Å². The zero-order valence-corrected chi connectivity index (χ0v) is 26.0. The third-order valence-corrected chi connectivity index (χ3v) is 9.07. The quantitative estimate of drug-likeness (QED) is 0.281. The molecule has 6 rings (SSSR count). The molecule has 4 aromatic rings. The summed E-state index contributed by atoms with van der Waals surface area (Å²) in [7, 11) is 3.04. The number of rotatable bonds is 7. The molecule has 0 bridgehead atoms. The Labute approximate surface area is 261 Å². The number of carbonyl (C=O) groups excluding carboxylic acids is 2. The standard InChI is InChI=1S/C33H28ClN3O6S/c1-5-43-32(40)26-18(2)35-33-37(28(26)19-14-15-24(41-3)25(16-19)42-4)31(39)29(44-33)27-21-11-7-9-13-23(21)36(30(27)38)17-20-10-6-8-12-22(20)34/h6-16,28H,5,17H2,1-4H3/b29-27+/t28-/m0/s1. The average Bonchev–Trinajstić information content (AvgIpc) is 3.49. The third-order valence-electron chi connectivity index (χ3n) is 7.65. The molecule has 9 nitrogen and oxygen atoms in total. The SMILES string of the molecule is CCOC(=O)C1=C(C)N=c2s/c(=C3/C(=O)N(Cc4ccccc4Cl)c4ccccc43)c(=O)n2[C@H]1c1ccc(OC)c(OC)c1.